The molecule has 1 aliphatic rings. The zero-order chi connectivity index (χ0) is 19.2. The number of benzene rings is 2. The Morgan fingerprint density at radius 2 is 2.07 bits per heavy atom. The molecular weight excluding hydrogens is 390 g/mol. The van der Waals surface area contributed by atoms with Crippen LogP contribution in [0.5, 0.6) is 11.5 Å². The van der Waals surface area contributed by atoms with E-state index >= 15 is 0 Å². The summed E-state index contributed by atoms with van der Waals surface area (Å²) in [7, 11) is 0. The Morgan fingerprint density at radius 3 is 2.74 bits per heavy atom. The molecule has 1 aliphatic heterocycles. The van der Waals surface area contributed by atoms with E-state index in [1.165, 1.54) is 12.1 Å². The first-order valence-corrected chi connectivity index (χ1v) is 9.17. The van der Waals surface area contributed by atoms with Crippen LogP contribution in [0.4, 0.5) is 11.4 Å². The number of halogens is 1. The van der Waals surface area contributed by atoms with Gasteiger partial charge < -0.3 is 20.1 Å². The predicted molar refractivity (Wildman–Crippen MR) is 108 cm³/mol. The van der Waals surface area contributed by atoms with Crippen molar-refractivity contribution in [2.75, 3.05) is 18.5 Å². The van der Waals surface area contributed by atoms with Crippen molar-refractivity contribution in [3.8, 4) is 11.5 Å². The summed E-state index contributed by atoms with van der Waals surface area (Å²) in [5.41, 5.74) is 0.351. The minimum absolute atomic E-state index is 0.106. The molecule has 0 saturated carbocycles. The third kappa shape index (κ3) is 5.78. The Hall–Kier alpha value is -2.42. The molecule has 0 amide bonds. The van der Waals surface area contributed by atoms with Gasteiger partial charge in [-0.2, -0.15) is 0 Å². The molecule has 9 heteroatoms. The first kappa shape index (κ1) is 19.3. The van der Waals surface area contributed by atoms with Gasteiger partial charge in [0, 0.05) is 30.3 Å². The Bertz CT molecular complexity index is 826. The number of nitro benzene ring substituents is 1. The zero-order valence-corrected chi connectivity index (χ0v) is 15.9. The van der Waals surface area contributed by atoms with Gasteiger partial charge in [0.15, 0.2) is 5.11 Å². The number of ether oxygens (including phenoxy) is 2. The summed E-state index contributed by atoms with van der Waals surface area (Å²) < 4.78 is 11.2. The van der Waals surface area contributed by atoms with Gasteiger partial charge in [-0.05, 0) is 49.3 Å². The molecule has 2 aromatic carbocycles. The molecule has 7 nitrogen and oxygen atoms in total. The van der Waals surface area contributed by atoms with E-state index in [1.807, 2.05) is 0 Å². The maximum absolute atomic E-state index is 11.2. The van der Waals surface area contributed by atoms with Crippen molar-refractivity contribution in [2.24, 2.45) is 0 Å². The second kappa shape index (κ2) is 8.98. The van der Waals surface area contributed by atoms with Crippen LogP contribution in [0.15, 0.2) is 42.5 Å². The zero-order valence-electron chi connectivity index (χ0n) is 14.3. The van der Waals surface area contributed by atoms with Gasteiger partial charge in [0.2, 0.25) is 0 Å². The van der Waals surface area contributed by atoms with Crippen molar-refractivity contribution in [3.05, 3.63) is 57.6 Å². The van der Waals surface area contributed by atoms with Crippen LogP contribution in [0, 0.1) is 10.1 Å². The molecule has 0 spiro atoms. The molecule has 27 heavy (non-hydrogen) atoms. The fourth-order valence-electron chi connectivity index (χ4n) is 2.65. The van der Waals surface area contributed by atoms with Gasteiger partial charge in [-0.25, -0.2) is 0 Å². The predicted octanol–water partition coefficient (Wildman–Crippen LogP) is 4.51. The Kier molecular flexibility index (Phi) is 6.44. The number of thiocarbonyl (C=S) groups is 1. The van der Waals surface area contributed by atoms with Crippen molar-refractivity contribution in [2.45, 2.75) is 18.9 Å². The lowest BCUT2D eigenvalue weighted by Crippen LogP contribution is -2.34. The van der Waals surface area contributed by atoms with Crippen molar-refractivity contribution >= 4 is 40.3 Å². The monoisotopic (exact) mass is 407 g/mol. The smallest absolute Gasteiger partial charge is 0.275 e. The highest BCUT2D eigenvalue weighted by Gasteiger charge is 2.16. The van der Waals surface area contributed by atoms with Crippen LogP contribution in [0.1, 0.15) is 12.8 Å². The largest absolute Gasteiger partial charge is 0.457 e. The molecule has 1 heterocycles. The molecule has 1 atom stereocenters. The van der Waals surface area contributed by atoms with E-state index in [4.69, 9.17) is 33.3 Å². The highest BCUT2D eigenvalue weighted by atomic mass is 35.5. The number of hydrogen-bond donors (Lipinski definition) is 2. The van der Waals surface area contributed by atoms with Gasteiger partial charge >= 0.3 is 0 Å². The SMILES string of the molecule is O=[N+]([O-])c1cc(NC(=S)NCC2CCCO2)cc(Oc2ccc(Cl)cc2)c1. The normalized spacial score (nSPS) is 16.0. The lowest BCUT2D eigenvalue weighted by atomic mass is 10.2. The van der Waals surface area contributed by atoms with E-state index in [1.54, 1.807) is 30.3 Å². The second-order valence-corrected chi connectivity index (χ2v) is 6.84. The number of nitrogens with one attached hydrogen (secondary N) is 2. The fraction of sp³-hybridized carbons (Fsp3) is 0.278. The minimum Gasteiger partial charge on any atom is -0.457 e. The fourth-order valence-corrected chi connectivity index (χ4v) is 2.97. The molecule has 1 unspecified atom stereocenters. The average Bonchev–Trinajstić information content (AvgIpc) is 3.15. The van der Waals surface area contributed by atoms with E-state index in [9.17, 15) is 10.1 Å². The summed E-state index contributed by atoms with van der Waals surface area (Å²) in [5.74, 6) is 0.834. The molecule has 0 bridgehead atoms. The highest BCUT2D eigenvalue weighted by molar-refractivity contribution is 7.80. The standard InChI is InChI=1S/C18H18ClN3O4S/c19-12-3-5-15(6-4-12)26-17-9-13(8-14(10-17)22(23)24)21-18(27)20-11-16-2-1-7-25-16/h3-6,8-10,16H,1-2,7,11H2,(H2,20,21,27). The van der Waals surface area contributed by atoms with Crippen LogP contribution in [0.3, 0.4) is 0 Å². The minimum atomic E-state index is -0.483. The van der Waals surface area contributed by atoms with Crippen LogP contribution in [0.25, 0.3) is 0 Å². The molecule has 142 valence electrons. The molecule has 1 saturated heterocycles. The first-order valence-electron chi connectivity index (χ1n) is 8.39. The second-order valence-electron chi connectivity index (χ2n) is 6.00. The Labute approximate surface area is 166 Å². The summed E-state index contributed by atoms with van der Waals surface area (Å²) >= 11 is 11.1. The van der Waals surface area contributed by atoms with E-state index < -0.39 is 4.92 Å². The van der Waals surface area contributed by atoms with E-state index in [0.717, 1.165) is 19.4 Å². The summed E-state index contributed by atoms with van der Waals surface area (Å²) in [4.78, 5) is 10.7. The lowest BCUT2D eigenvalue weighted by Gasteiger charge is -2.14. The quantitative estimate of drug-likeness (QED) is 0.414. The third-order valence-corrected chi connectivity index (χ3v) is 4.42. The van der Waals surface area contributed by atoms with Gasteiger partial charge in [0.1, 0.15) is 11.5 Å². The van der Waals surface area contributed by atoms with Gasteiger partial charge in [-0.15, -0.1) is 0 Å². The van der Waals surface area contributed by atoms with E-state index in [0.29, 0.717) is 33.9 Å². The molecule has 0 radical (unpaired) electrons. The first-order chi connectivity index (χ1) is 13.0. The van der Waals surface area contributed by atoms with Gasteiger partial charge in [0.25, 0.3) is 5.69 Å². The van der Waals surface area contributed by atoms with Gasteiger partial charge in [0.05, 0.1) is 22.8 Å². The van der Waals surface area contributed by atoms with Crippen LogP contribution in [-0.4, -0.2) is 29.3 Å². The molecule has 2 aromatic rings. The van der Waals surface area contributed by atoms with Crippen LogP contribution in [0.2, 0.25) is 5.02 Å². The number of rotatable bonds is 6. The molecule has 0 aromatic heterocycles. The Balaban J connectivity index is 1.69. The topological polar surface area (TPSA) is 85.7 Å². The van der Waals surface area contributed by atoms with Crippen molar-refractivity contribution in [1.82, 2.24) is 5.32 Å². The molecule has 0 aliphatic carbocycles. The van der Waals surface area contributed by atoms with Crippen LogP contribution < -0.4 is 15.4 Å². The Morgan fingerprint density at radius 1 is 1.30 bits per heavy atom. The van der Waals surface area contributed by atoms with E-state index in [2.05, 4.69) is 10.6 Å². The van der Waals surface area contributed by atoms with Gasteiger partial charge in [-0.1, -0.05) is 11.6 Å². The summed E-state index contributed by atoms with van der Waals surface area (Å²) in [6.45, 7) is 1.36. The molecule has 3 rings (SSSR count). The number of non-ortho nitro benzene ring substituents is 1. The summed E-state index contributed by atoms with van der Waals surface area (Å²) in [5, 5.41) is 18.2. The molecule has 1 fully saturated rings. The summed E-state index contributed by atoms with van der Waals surface area (Å²) in [6.07, 6.45) is 2.17. The van der Waals surface area contributed by atoms with E-state index in [-0.39, 0.29) is 11.8 Å². The van der Waals surface area contributed by atoms with Crippen LogP contribution >= 0.6 is 23.8 Å². The van der Waals surface area contributed by atoms with Crippen molar-refractivity contribution in [1.29, 1.82) is 0 Å². The maximum atomic E-state index is 11.2. The number of nitro groups is 1. The number of hydrogen-bond acceptors (Lipinski definition) is 5. The highest BCUT2D eigenvalue weighted by Crippen LogP contribution is 2.30. The summed E-state index contributed by atoms with van der Waals surface area (Å²) in [6, 6.07) is 11.1. The number of anilines is 1. The van der Waals surface area contributed by atoms with Crippen LogP contribution in [-0.2, 0) is 4.74 Å². The lowest BCUT2D eigenvalue weighted by molar-refractivity contribution is -0.384. The number of nitrogens with zero attached hydrogens (tertiary/aromatic N) is 1. The van der Waals surface area contributed by atoms with Gasteiger partial charge in [-0.3, -0.25) is 10.1 Å². The molecule has 2 N–H and O–H groups in total. The third-order valence-electron chi connectivity index (χ3n) is 3.92. The van der Waals surface area contributed by atoms with Crippen molar-refractivity contribution in [3.63, 3.8) is 0 Å². The molecular formula is C18H18ClN3O4S. The average molecular weight is 408 g/mol. The maximum Gasteiger partial charge on any atom is 0.275 e. The van der Waals surface area contributed by atoms with Crippen molar-refractivity contribution < 1.29 is 14.4 Å².